The minimum absolute atomic E-state index is 1.18. The molecule has 0 saturated carbocycles. The number of benzene rings is 1. The first kappa shape index (κ1) is 18.8. The molecule has 0 aliphatic carbocycles. The van der Waals surface area contributed by atoms with Gasteiger partial charge in [-0.3, -0.25) is 0 Å². The molecule has 1 nitrogen and oxygen atoms in total. The monoisotopic (exact) mass is 325 g/mol. The lowest BCUT2D eigenvalue weighted by atomic mass is 10.1. The van der Waals surface area contributed by atoms with Crippen molar-refractivity contribution in [3.05, 3.63) is 58.9 Å². The average molecular weight is 326 g/mol. The second kappa shape index (κ2) is 10.4. The number of aryl methyl sites for hydroxylation is 3. The summed E-state index contributed by atoms with van der Waals surface area (Å²) >= 11 is 0. The Morgan fingerprint density at radius 1 is 0.792 bits per heavy atom. The first-order valence-corrected chi connectivity index (χ1v) is 9.92. The number of nitrogens with zero attached hydrogens (tertiary/aromatic N) is 1. The number of unbranched alkanes of at least 4 members (excludes halogenated alkanes) is 5. The molecule has 0 fully saturated rings. The minimum atomic E-state index is 1.18. The van der Waals surface area contributed by atoms with Crippen molar-refractivity contribution in [2.24, 2.45) is 0 Å². The van der Waals surface area contributed by atoms with Crippen molar-refractivity contribution in [2.75, 3.05) is 0 Å². The highest BCUT2D eigenvalue weighted by Crippen LogP contribution is 2.19. The zero-order chi connectivity index (χ0) is 17.2. The Balaban J connectivity index is 1.73. The third kappa shape index (κ3) is 5.85. The molecule has 1 heteroatoms. The highest BCUT2D eigenvalue weighted by molar-refractivity contribution is 5.26. The molecule has 0 atom stereocenters. The van der Waals surface area contributed by atoms with Gasteiger partial charge >= 0.3 is 0 Å². The third-order valence-electron chi connectivity index (χ3n) is 5.17. The molecule has 132 valence electrons. The van der Waals surface area contributed by atoms with Gasteiger partial charge in [-0.1, -0.05) is 62.9 Å². The van der Waals surface area contributed by atoms with E-state index in [1.165, 1.54) is 81.3 Å². The maximum Gasteiger partial charge on any atom is 0.0224 e. The Kier molecular flexibility index (Phi) is 8.15. The summed E-state index contributed by atoms with van der Waals surface area (Å²) < 4.78 is 2.54. The van der Waals surface area contributed by atoms with Gasteiger partial charge < -0.3 is 4.57 Å². The van der Waals surface area contributed by atoms with E-state index in [2.05, 4.69) is 61.7 Å². The molecule has 0 unspecified atom stereocenters. The van der Waals surface area contributed by atoms with Gasteiger partial charge in [-0.15, -0.1) is 0 Å². The molecular formula is C23H35N. The molecule has 1 aromatic heterocycles. The van der Waals surface area contributed by atoms with E-state index in [0.29, 0.717) is 0 Å². The van der Waals surface area contributed by atoms with Crippen LogP contribution in [-0.4, -0.2) is 4.57 Å². The molecule has 0 saturated heterocycles. The maximum atomic E-state index is 2.54. The van der Waals surface area contributed by atoms with E-state index in [1.54, 1.807) is 5.56 Å². The lowest BCUT2D eigenvalue weighted by molar-refractivity contribution is 0.570. The molecule has 0 amide bonds. The predicted octanol–water partition coefficient (Wildman–Crippen LogP) is 6.64. The van der Waals surface area contributed by atoms with Crippen molar-refractivity contribution >= 4 is 0 Å². The molecule has 0 aliphatic rings. The fourth-order valence-electron chi connectivity index (χ4n) is 3.63. The third-order valence-corrected chi connectivity index (χ3v) is 5.17. The van der Waals surface area contributed by atoms with Gasteiger partial charge in [-0.25, -0.2) is 0 Å². The Labute approximate surface area is 149 Å². The Hall–Kier alpha value is -1.50. The lowest BCUT2D eigenvalue weighted by Gasteiger charge is -2.10. The van der Waals surface area contributed by atoms with Crippen LogP contribution < -0.4 is 0 Å². The lowest BCUT2D eigenvalue weighted by Crippen LogP contribution is -2.03. The van der Waals surface area contributed by atoms with Gasteiger partial charge in [0.15, 0.2) is 0 Å². The zero-order valence-corrected chi connectivity index (χ0v) is 16.0. The molecule has 0 N–H and O–H groups in total. The summed E-state index contributed by atoms with van der Waals surface area (Å²) in [7, 11) is 0. The summed E-state index contributed by atoms with van der Waals surface area (Å²) in [4.78, 5) is 0. The van der Waals surface area contributed by atoms with E-state index >= 15 is 0 Å². The van der Waals surface area contributed by atoms with Crippen LogP contribution >= 0.6 is 0 Å². The van der Waals surface area contributed by atoms with E-state index in [4.69, 9.17) is 0 Å². The second-order valence-electron chi connectivity index (χ2n) is 7.15. The van der Waals surface area contributed by atoms with E-state index in [1.807, 2.05) is 0 Å². The first-order valence-electron chi connectivity index (χ1n) is 9.92. The molecule has 2 rings (SSSR count). The van der Waals surface area contributed by atoms with Gasteiger partial charge in [0, 0.05) is 17.9 Å². The molecule has 24 heavy (non-hydrogen) atoms. The number of hydrogen-bond donors (Lipinski definition) is 0. The molecule has 0 bridgehead atoms. The summed E-state index contributed by atoms with van der Waals surface area (Å²) in [5.41, 5.74) is 6.00. The zero-order valence-electron chi connectivity index (χ0n) is 16.0. The standard InChI is InChI=1S/C23H35N/c1-4-5-6-12-17-23-19-20(2)24(21(23)3)18-13-8-11-16-22-14-9-7-10-15-22/h7,9-10,14-15,19H,4-6,8,11-13,16-18H2,1-3H3. The normalized spacial score (nSPS) is 11.1. The van der Waals surface area contributed by atoms with Gasteiger partial charge in [0.1, 0.15) is 0 Å². The smallest absolute Gasteiger partial charge is 0.0224 e. The van der Waals surface area contributed by atoms with Crippen molar-refractivity contribution in [1.29, 1.82) is 0 Å². The van der Waals surface area contributed by atoms with Crippen LogP contribution in [0.15, 0.2) is 36.4 Å². The molecule has 2 aromatic rings. The molecule has 0 radical (unpaired) electrons. The summed E-state index contributed by atoms with van der Waals surface area (Å²) in [5, 5.41) is 0. The van der Waals surface area contributed by atoms with Gasteiger partial charge in [0.25, 0.3) is 0 Å². The molecule has 0 spiro atoms. The van der Waals surface area contributed by atoms with E-state index < -0.39 is 0 Å². The van der Waals surface area contributed by atoms with Crippen molar-refractivity contribution in [2.45, 2.75) is 85.1 Å². The van der Waals surface area contributed by atoms with Crippen molar-refractivity contribution in [3.8, 4) is 0 Å². The molecular weight excluding hydrogens is 290 g/mol. The van der Waals surface area contributed by atoms with Gasteiger partial charge in [0.05, 0.1) is 0 Å². The largest absolute Gasteiger partial charge is 0.349 e. The van der Waals surface area contributed by atoms with Crippen LogP contribution in [0, 0.1) is 13.8 Å². The van der Waals surface area contributed by atoms with E-state index in [9.17, 15) is 0 Å². The Morgan fingerprint density at radius 2 is 1.50 bits per heavy atom. The minimum Gasteiger partial charge on any atom is -0.349 e. The first-order chi connectivity index (χ1) is 11.7. The Bertz CT molecular complexity index is 580. The van der Waals surface area contributed by atoms with Crippen molar-refractivity contribution in [3.63, 3.8) is 0 Å². The Morgan fingerprint density at radius 3 is 2.25 bits per heavy atom. The topological polar surface area (TPSA) is 4.93 Å². The van der Waals surface area contributed by atoms with E-state index in [0.717, 1.165) is 0 Å². The molecule has 1 aromatic carbocycles. The van der Waals surface area contributed by atoms with Gasteiger partial charge in [-0.05, 0) is 63.1 Å². The van der Waals surface area contributed by atoms with Crippen LogP contribution in [0.2, 0.25) is 0 Å². The van der Waals surface area contributed by atoms with Crippen molar-refractivity contribution in [1.82, 2.24) is 4.57 Å². The summed E-state index contributed by atoms with van der Waals surface area (Å²) in [6, 6.07) is 13.3. The fraction of sp³-hybridized carbons (Fsp3) is 0.565. The van der Waals surface area contributed by atoms with Crippen LogP contribution in [0.5, 0.6) is 0 Å². The second-order valence-corrected chi connectivity index (χ2v) is 7.15. The average Bonchev–Trinajstić information content (AvgIpc) is 2.86. The van der Waals surface area contributed by atoms with Crippen LogP contribution in [0.4, 0.5) is 0 Å². The van der Waals surface area contributed by atoms with Crippen molar-refractivity contribution < 1.29 is 0 Å². The number of hydrogen-bond acceptors (Lipinski definition) is 0. The van der Waals surface area contributed by atoms with Gasteiger partial charge in [0.2, 0.25) is 0 Å². The van der Waals surface area contributed by atoms with E-state index in [-0.39, 0.29) is 0 Å². The molecule has 1 heterocycles. The fourth-order valence-corrected chi connectivity index (χ4v) is 3.63. The predicted molar refractivity (Wildman–Crippen MR) is 106 cm³/mol. The summed E-state index contributed by atoms with van der Waals surface area (Å²) in [6.07, 6.45) is 11.8. The quantitative estimate of drug-likeness (QED) is 0.408. The number of aromatic nitrogens is 1. The van der Waals surface area contributed by atoms with Crippen LogP contribution in [0.3, 0.4) is 0 Å². The SMILES string of the molecule is CCCCCCc1cc(C)n(CCCCCc2ccccc2)c1C. The summed E-state index contributed by atoms with van der Waals surface area (Å²) in [5.74, 6) is 0. The summed E-state index contributed by atoms with van der Waals surface area (Å²) in [6.45, 7) is 8.05. The highest BCUT2D eigenvalue weighted by atomic mass is 15.0. The van der Waals surface area contributed by atoms with Crippen LogP contribution in [-0.2, 0) is 19.4 Å². The van der Waals surface area contributed by atoms with Crippen LogP contribution in [0.25, 0.3) is 0 Å². The number of rotatable bonds is 11. The maximum absolute atomic E-state index is 2.54. The van der Waals surface area contributed by atoms with Crippen LogP contribution in [0.1, 0.15) is 74.4 Å². The highest BCUT2D eigenvalue weighted by Gasteiger charge is 2.08. The van der Waals surface area contributed by atoms with Gasteiger partial charge in [-0.2, -0.15) is 0 Å². The molecule has 0 aliphatic heterocycles.